The highest BCUT2D eigenvalue weighted by Crippen LogP contribution is 2.32. The van der Waals surface area contributed by atoms with E-state index in [1.54, 1.807) is 6.33 Å². The molecular formula is C17H12BrIN4. The van der Waals surface area contributed by atoms with Crippen LogP contribution in [0.5, 0.6) is 0 Å². The lowest BCUT2D eigenvalue weighted by molar-refractivity contribution is 0.612. The Kier molecular flexibility index (Phi) is 3.94. The number of hydrogen-bond donors (Lipinski definition) is 1. The second kappa shape index (κ2) is 6.09. The average molecular weight is 479 g/mol. The van der Waals surface area contributed by atoms with Gasteiger partial charge in [-0.25, -0.2) is 4.68 Å². The zero-order valence-electron chi connectivity index (χ0n) is 11.9. The van der Waals surface area contributed by atoms with E-state index >= 15 is 0 Å². The summed E-state index contributed by atoms with van der Waals surface area (Å²) in [5, 5.41) is 7.73. The van der Waals surface area contributed by atoms with Crippen LogP contribution in [0.1, 0.15) is 17.2 Å². The lowest BCUT2D eigenvalue weighted by Crippen LogP contribution is -2.20. The second-order valence-corrected chi connectivity index (χ2v) is 7.40. The third-order valence-electron chi connectivity index (χ3n) is 3.77. The second-order valence-electron chi connectivity index (χ2n) is 5.24. The van der Waals surface area contributed by atoms with Gasteiger partial charge in [0.2, 0.25) is 5.95 Å². The molecule has 1 aliphatic heterocycles. The van der Waals surface area contributed by atoms with Crippen molar-refractivity contribution >= 4 is 50.2 Å². The Balaban J connectivity index is 1.79. The predicted molar refractivity (Wildman–Crippen MR) is 103 cm³/mol. The summed E-state index contributed by atoms with van der Waals surface area (Å²) < 4.78 is 4.19. The molecule has 1 aromatic heterocycles. The number of halogens is 2. The van der Waals surface area contributed by atoms with Crippen molar-refractivity contribution in [2.24, 2.45) is 0 Å². The molecule has 4 rings (SSSR count). The molecule has 1 atom stereocenters. The molecule has 0 bridgehead atoms. The van der Waals surface area contributed by atoms with Crippen LogP contribution in [0, 0.1) is 3.57 Å². The van der Waals surface area contributed by atoms with E-state index in [4.69, 9.17) is 0 Å². The van der Waals surface area contributed by atoms with Gasteiger partial charge in [0.05, 0.1) is 0 Å². The average Bonchev–Trinajstić information content (AvgIpc) is 3.04. The minimum absolute atomic E-state index is 0.0242. The number of benzene rings is 2. The van der Waals surface area contributed by atoms with Gasteiger partial charge in [0, 0.05) is 13.7 Å². The maximum atomic E-state index is 4.36. The van der Waals surface area contributed by atoms with Crippen LogP contribution in [-0.2, 0) is 0 Å². The fourth-order valence-corrected chi connectivity index (χ4v) is 3.25. The van der Waals surface area contributed by atoms with Crippen molar-refractivity contribution in [2.45, 2.75) is 6.04 Å². The summed E-state index contributed by atoms with van der Waals surface area (Å²) in [6, 6.07) is 16.8. The van der Waals surface area contributed by atoms with Gasteiger partial charge in [0.1, 0.15) is 12.4 Å². The van der Waals surface area contributed by atoms with Crippen LogP contribution in [0.2, 0.25) is 0 Å². The Morgan fingerprint density at radius 2 is 1.78 bits per heavy atom. The number of fused-ring (bicyclic) bond motifs is 1. The van der Waals surface area contributed by atoms with Crippen molar-refractivity contribution in [1.82, 2.24) is 14.8 Å². The molecule has 0 unspecified atom stereocenters. The molecule has 3 aromatic rings. The summed E-state index contributed by atoms with van der Waals surface area (Å²) >= 11 is 5.80. The van der Waals surface area contributed by atoms with Gasteiger partial charge >= 0.3 is 0 Å². The van der Waals surface area contributed by atoms with Gasteiger partial charge < -0.3 is 5.32 Å². The molecule has 0 spiro atoms. The Bertz CT molecular complexity index is 868. The predicted octanol–water partition coefficient (Wildman–Crippen LogP) is 4.70. The summed E-state index contributed by atoms with van der Waals surface area (Å²) in [4.78, 5) is 4.33. The van der Waals surface area contributed by atoms with Crippen molar-refractivity contribution < 1.29 is 0 Å². The first kappa shape index (κ1) is 14.9. The monoisotopic (exact) mass is 478 g/mol. The summed E-state index contributed by atoms with van der Waals surface area (Å²) in [7, 11) is 0. The third-order valence-corrected chi connectivity index (χ3v) is 5.02. The van der Waals surface area contributed by atoms with E-state index < -0.39 is 0 Å². The fraction of sp³-hybridized carbons (Fsp3) is 0.0588. The van der Waals surface area contributed by atoms with Gasteiger partial charge in [-0.3, -0.25) is 0 Å². The van der Waals surface area contributed by atoms with Crippen molar-refractivity contribution in [3.63, 3.8) is 0 Å². The van der Waals surface area contributed by atoms with E-state index in [1.807, 2.05) is 16.8 Å². The number of rotatable bonds is 2. The molecule has 0 amide bonds. The SMILES string of the molecule is Brc1ccc([C@@H]2C=C(c3ccc(I)cc3)Nc3ncnn32)cc1. The molecule has 0 radical (unpaired) electrons. The molecule has 2 aromatic carbocycles. The molecule has 114 valence electrons. The first-order chi connectivity index (χ1) is 11.2. The lowest BCUT2D eigenvalue weighted by atomic mass is 10.0. The molecule has 6 heteroatoms. The molecule has 2 heterocycles. The molecule has 1 N–H and O–H groups in total. The third kappa shape index (κ3) is 2.92. The molecule has 1 aliphatic rings. The highest BCUT2D eigenvalue weighted by atomic mass is 127. The molecule has 0 saturated heterocycles. The summed E-state index contributed by atoms with van der Waals surface area (Å²) in [6.45, 7) is 0. The van der Waals surface area contributed by atoms with E-state index in [2.05, 4.69) is 96.4 Å². The quantitative estimate of drug-likeness (QED) is 0.543. The topological polar surface area (TPSA) is 42.7 Å². The summed E-state index contributed by atoms with van der Waals surface area (Å²) in [6.07, 6.45) is 3.77. The van der Waals surface area contributed by atoms with Gasteiger partial charge in [-0.15, -0.1) is 0 Å². The Morgan fingerprint density at radius 3 is 2.52 bits per heavy atom. The van der Waals surface area contributed by atoms with Gasteiger partial charge in [-0.05, 0) is 64.1 Å². The minimum atomic E-state index is 0.0242. The smallest absolute Gasteiger partial charge is 0.226 e. The van der Waals surface area contributed by atoms with Crippen molar-refractivity contribution in [2.75, 3.05) is 5.32 Å². The molecule has 23 heavy (non-hydrogen) atoms. The van der Waals surface area contributed by atoms with E-state index in [0.717, 1.165) is 21.7 Å². The van der Waals surface area contributed by atoms with Crippen molar-refractivity contribution in [3.8, 4) is 0 Å². The van der Waals surface area contributed by atoms with Crippen LogP contribution in [0.4, 0.5) is 5.95 Å². The Hall–Kier alpha value is -1.67. The zero-order chi connectivity index (χ0) is 15.8. The lowest BCUT2D eigenvalue weighted by Gasteiger charge is -2.24. The molecule has 4 nitrogen and oxygen atoms in total. The molecular weight excluding hydrogens is 467 g/mol. The fourth-order valence-electron chi connectivity index (χ4n) is 2.63. The van der Waals surface area contributed by atoms with Crippen LogP contribution in [0.25, 0.3) is 5.70 Å². The highest BCUT2D eigenvalue weighted by molar-refractivity contribution is 14.1. The normalized spacial score (nSPS) is 16.4. The Morgan fingerprint density at radius 1 is 1.04 bits per heavy atom. The van der Waals surface area contributed by atoms with E-state index in [9.17, 15) is 0 Å². The van der Waals surface area contributed by atoms with Gasteiger partial charge in [0.15, 0.2) is 0 Å². The first-order valence-electron chi connectivity index (χ1n) is 7.10. The molecule has 0 saturated carbocycles. The number of nitrogens with zero attached hydrogens (tertiary/aromatic N) is 3. The van der Waals surface area contributed by atoms with Gasteiger partial charge in [-0.1, -0.05) is 40.2 Å². The Labute approximate surface area is 155 Å². The zero-order valence-corrected chi connectivity index (χ0v) is 15.7. The van der Waals surface area contributed by atoms with Gasteiger partial charge in [0.25, 0.3) is 0 Å². The maximum absolute atomic E-state index is 4.36. The van der Waals surface area contributed by atoms with Crippen molar-refractivity contribution in [3.05, 3.63) is 80.1 Å². The summed E-state index contributed by atoms with van der Waals surface area (Å²) in [5.41, 5.74) is 3.36. The maximum Gasteiger partial charge on any atom is 0.226 e. The number of allylic oxidation sites excluding steroid dienone is 1. The van der Waals surface area contributed by atoms with Crippen LogP contribution < -0.4 is 5.32 Å². The number of aromatic nitrogens is 3. The van der Waals surface area contributed by atoms with E-state index in [0.29, 0.717) is 0 Å². The summed E-state index contributed by atoms with van der Waals surface area (Å²) in [5.74, 6) is 0.758. The van der Waals surface area contributed by atoms with E-state index in [-0.39, 0.29) is 6.04 Å². The van der Waals surface area contributed by atoms with Crippen LogP contribution in [0.15, 0.2) is 65.4 Å². The molecule has 0 aliphatic carbocycles. The van der Waals surface area contributed by atoms with Gasteiger partial charge in [-0.2, -0.15) is 10.1 Å². The largest absolute Gasteiger partial charge is 0.324 e. The van der Waals surface area contributed by atoms with Crippen LogP contribution >= 0.6 is 38.5 Å². The molecule has 0 fully saturated rings. The number of nitrogens with one attached hydrogen (secondary N) is 1. The first-order valence-corrected chi connectivity index (χ1v) is 8.97. The van der Waals surface area contributed by atoms with Crippen LogP contribution in [0.3, 0.4) is 0 Å². The number of hydrogen-bond acceptors (Lipinski definition) is 3. The van der Waals surface area contributed by atoms with Crippen molar-refractivity contribution in [1.29, 1.82) is 0 Å². The van der Waals surface area contributed by atoms with Crippen LogP contribution in [-0.4, -0.2) is 14.8 Å². The van der Waals surface area contributed by atoms with E-state index in [1.165, 1.54) is 9.13 Å². The number of anilines is 1. The minimum Gasteiger partial charge on any atom is -0.324 e. The highest BCUT2D eigenvalue weighted by Gasteiger charge is 2.23. The standard InChI is InChI=1S/C17H12BrIN4/c18-13-5-1-12(2-6-13)16-9-15(11-3-7-14(19)8-4-11)22-17-20-10-21-23(16)17/h1-10,16H,(H,20,21,22)/t16-/m0/s1.